The minimum Gasteiger partial charge on any atom is -0.384 e. The van der Waals surface area contributed by atoms with Gasteiger partial charge in [-0.1, -0.05) is 42.5 Å². The number of amides is 1. The molecule has 3 aromatic rings. The molecule has 0 saturated carbocycles. The highest BCUT2D eigenvalue weighted by Gasteiger charge is 2.29. The van der Waals surface area contributed by atoms with Crippen molar-refractivity contribution >= 4 is 33.0 Å². The number of amidine groups is 1. The molecule has 4 rings (SSSR count). The first kappa shape index (κ1) is 23.5. The molecular formula is C25H27N5O3S. The van der Waals surface area contributed by atoms with Crippen molar-refractivity contribution in [3.8, 4) is 11.1 Å². The van der Waals surface area contributed by atoms with E-state index >= 15 is 0 Å². The molecule has 0 spiro atoms. The van der Waals surface area contributed by atoms with Crippen LogP contribution in [0.5, 0.6) is 0 Å². The van der Waals surface area contributed by atoms with E-state index in [2.05, 4.69) is 10.6 Å². The molecule has 34 heavy (non-hydrogen) atoms. The number of nitrogens with two attached hydrogens (primary N) is 1. The van der Waals surface area contributed by atoms with E-state index in [0.29, 0.717) is 29.9 Å². The number of nitrogen functional groups attached to an aromatic ring is 1. The molecule has 1 aliphatic rings. The smallest absolute Gasteiger partial charge is 0.248 e. The van der Waals surface area contributed by atoms with Gasteiger partial charge >= 0.3 is 0 Å². The van der Waals surface area contributed by atoms with E-state index < -0.39 is 15.9 Å². The van der Waals surface area contributed by atoms with Crippen LogP contribution >= 0.6 is 0 Å². The van der Waals surface area contributed by atoms with Crippen molar-refractivity contribution < 1.29 is 13.2 Å². The lowest BCUT2D eigenvalue weighted by atomic mass is 10.1. The highest BCUT2D eigenvalue weighted by Crippen LogP contribution is 2.28. The zero-order valence-corrected chi connectivity index (χ0v) is 19.6. The summed E-state index contributed by atoms with van der Waals surface area (Å²) in [6.07, 6.45) is 1.19. The summed E-state index contributed by atoms with van der Waals surface area (Å²) < 4.78 is 24.3. The Balaban J connectivity index is 1.53. The highest BCUT2D eigenvalue weighted by molar-refractivity contribution is 7.90. The Labute approximate surface area is 199 Å². The maximum absolute atomic E-state index is 13.2. The maximum Gasteiger partial charge on any atom is 0.248 e. The van der Waals surface area contributed by atoms with E-state index in [9.17, 15) is 13.2 Å². The van der Waals surface area contributed by atoms with Crippen LogP contribution in [0.3, 0.4) is 0 Å². The largest absolute Gasteiger partial charge is 0.384 e. The average Bonchev–Trinajstić information content (AvgIpc) is 2.84. The van der Waals surface area contributed by atoms with E-state index in [1.807, 2.05) is 23.1 Å². The van der Waals surface area contributed by atoms with Gasteiger partial charge in [0.05, 0.1) is 4.90 Å². The van der Waals surface area contributed by atoms with Crippen LogP contribution in [0.2, 0.25) is 0 Å². The van der Waals surface area contributed by atoms with Crippen LogP contribution in [-0.2, 0) is 14.6 Å². The van der Waals surface area contributed by atoms with Gasteiger partial charge in [-0.2, -0.15) is 0 Å². The number of carbonyl (C=O) groups is 1. The lowest BCUT2D eigenvalue weighted by Crippen LogP contribution is -2.56. The van der Waals surface area contributed by atoms with Crippen molar-refractivity contribution in [3.05, 3.63) is 78.4 Å². The summed E-state index contributed by atoms with van der Waals surface area (Å²) in [7, 11) is -3.37. The molecule has 1 atom stereocenters. The van der Waals surface area contributed by atoms with Gasteiger partial charge in [0, 0.05) is 48.4 Å². The molecule has 0 aromatic heterocycles. The summed E-state index contributed by atoms with van der Waals surface area (Å²) >= 11 is 0. The number of sulfone groups is 1. The predicted octanol–water partition coefficient (Wildman–Crippen LogP) is 2.46. The van der Waals surface area contributed by atoms with E-state index in [1.54, 1.807) is 54.6 Å². The van der Waals surface area contributed by atoms with Crippen molar-refractivity contribution in [3.63, 3.8) is 0 Å². The third kappa shape index (κ3) is 5.11. The monoisotopic (exact) mass is 477 g/mol. The van der Waals surface area contributed by atoms with Gasteiger partial charge in [-0.25, -0.2) is 8.42 Å². The van der Waals surface area contributed by atoms with Gasteiger partial charge in [-0.3, -0.25) is 10.2 Å². The first-order valence-electron chi connectivity index (χ1n) is 10.9. The Bertz CT molecular complexity index is 1320. The number of piperazine rings is 1. The highest BCUT2D eigenvalue weighted by atomic mass is 32.2. The molecule has 1 aliphatic heterocycles. The summed E-state index contributed by atoms with van der Waals surface area (Å²) in [5.41, 5.74) is 9.07. The summed E-state index contributed by atoms with van der Waals surface area (Å²) in [6.45, 7) is 1.86. The fourth-order valence-corrected chi connectivity index (χ4v) is 5.00. The Hall–Kier alpha value is -3.69. The Kier molecular flexibility index (Phi) is 6.67. The Morgan fingerprint density at radius 2 is 1.82 bits per heavy atom. The molecule has 9 heteroatoms. The molecule has 1 saturated heterocycles. The van der Waals surface area contributed by atoms with Gasteiger partial charge in [-0.05, 0) is 35.9 Å². The summed E-state index contributed by atoms with van der Waals surface area (Å²) in [4.78, 5) is 15.4. The fraction of sp³-hybridized carbons (Fsp3) is 0.200. The number of rotatable bonds is 6. The molecule has 1 unspecified atom stereocenters. The Morgan fingerprint density at radius 1 is 1.09 bits per heavy atom. The second-order valence-corrected chi connectivity index (χ2v) is 10.2. The molecule has 0 radical (unpaired) electrons. The number of hydrogen-bond acceptors (Lipinski definition) is 6. The second kappa shape index (κ2) is 9.66. The van der Waals surface area contributed by atoms with Crippen LogP contribution < -0.4 is 21.3 Å². The van der Waals surface area contributed by atoms with Crippen LogP contribution in [-0.4, -0.2) is 52.1 Å². The number of nitrogens with one attached hydrogen (secondary N) is 3. The van der Waals surface area contributed by atoms with Gasteiger partial charge in [0.2, 0.25) is 5.91 Å². The summed E-state index contributed by atoms with van der Waals surface area (Å²) in [6, 6.07) is 20.9. The van der Waals surface area contributed by atoms with Crippen LogP contribution in [0.25, 0.3) is 11.1 Å². The van der Waals surface area contributed by atoms with Crippen molar-refractivity contribution in [2.45, 2.75) is 10.9 Å². The molecule has 0 bridgehead atoms. The van der Waals surface area contributed by atoms with Gasteiger partial charge in [-0.15, -0.1) is 0 Å². The fourth-order valence-electron chi connectivity index (χ4n) is 4.09. The molecule has 1 amide bonds. The number of anilines is 2. The zero-order valence-electron chi connectivity index (χ0n) is 18.8. The number of nitrogens with zero attached hydrogens (tertiary/aromatic N) is 1. The SMILES string of the molecule is CS(=O)(=O)c1ccccc1-c1ccc(NC(=O)C2CNCCN2c2cccc(C(=N)N)c2)cc1. The van der Waals surface area contributed by atoms with E-state index in [1.165, 1.54) is 6.26 Å². The standard InChI is InChI=1S/C25H27N5O3S/c1-34(32,33)23-8-3-2-7-21(23)17-9-11-19(12-10-17)29-25(31)22-16-28-13-14-30(22)20-6-4-5-18(15-20)24(26)27/h2-12,15,22,28H,13-14,16H2,1H3,(H3,26,27)(H,29,31). The van der Waals surface area contributed by atoms with Gasteiger partial charge in [0.25, 0.3) is 0 Å². The van der Waals surface area contributed by atoms with Crippen molar-refractivity contribution in [2.24, 2.45) is 5.73 Å². The predicted molar refractivity (Wildman–Crippen MR) is 135 cm³/mol. The minimum absolute atomic E-state index is 0.0180. The third-order valence-electron chi connectivity index (χ3n) is 5.78. The number of hydrogen-bond donors (Lipinski definition) is 4. The van der Waals surface area contributed by atoms with Crippen LogP contribution in [0.4, 0.5) is 11.4 Å². The van der Waals surface area contributed by atoms with E-state index in [-0.39, 0.29) is 16.6 Å². The van der Waals surface area contributed by atoms with Gasteiger partial charge in [0.15, 0.2) is 9.84 Å². The normalized spacial score (nSPS) is 16.1. The molecule has 1 heterocycles. The van der Waals surface area contributed by atoms with E-state index in [0.717, 1.165) is 17.8 Å². The molecule has 0 aliphatic carbocycles. The van der Waals surface area contributed by atoms with E-state index in [4.69, 9.17) is 11.1 Å². The maximum atomic E-state index is 13.2. The number of carbonyl (C=O) groups excluding carboxylic acids is 1. The van der Waals surface area contributed by atoms with Gasteiger partial charge < -0.3 is 21.3 Å². The summed E-state index contributed by atoms with van der Waals surface area (Å²) in [5, 5.41) is 13.9. The lowest BCUT2D eigenvalue weighted by Gasteiger charge is -2.37. The topological polar surface area (TPSA) is 128 Å². The Morgan fingerprint density at radius 3 is 2.53 bits per heavy atom. The quantitative estimate of drug-likeness (QED) is 0.319. The lowest BCUT2D eigenvalue weighted by molar-refractivity contribution is -0.117. The van der Waals surface area contributed by atoms with Crippen LogP contribution in [0.1, 0.15) is 5.56 Å². The molecule has 176 valence electrons. The van der Waals surface area contributed by atoms with Crippen LogP contribution in [0, 0.1) is 5.41 Å². The first-order chi connectivity index (χ1) is 16.2. The number of benzene rings is 3. The third-order valence-corrected chi connectivity index (χ3v) is 6.94. The molecule has 8 nitrogen and oxygen atoms in total. The van der Waals surface area contributed by atoms with Gasteiger partial charge in [0.1, 0.15) is 11.9 Å². The van der Waals surface area contributed by atoms with Crippen molar-refractivity contribution in [1.29, 1.82) is 5.41 Å². The molecule has 3 aromatic carbocycles. The minimum atomic E-state index is -3.37. The first-order valence-corrected chi connectivity index (χ1v) is 12.8. The molecular weight excluding hydrogens is 450 g/mol. The average molecular weight is 478 g/mol. The van der Waals surface area contributed by atoms with Crippen LogP contribution in [0.15, 0.2) is 77.7 Å². The second-order valence-electron chi connectivity index (χ2n) is 8.21. The van der Waals surface area contributed by atoms with Crippen molar-refractivity contribution in [1.82, 2.24) is 5.32 Å². The zero-order chi connectivity index (χ0) is 24.3. The molecule has 1 fully saturated rings. The molecule has 5 N–H and O–H groups in total. The van der Waals surface area contributed by atoms with Crippen molar-refractivity contribution in [2.75, 3.05) is 36.1 Å². The summed E-state index contributed by atoms with van der Waals surface area (Å²) in [5.74, 6) is -0.180.